The number of methoxy groups -OCH3 is 2. The zero-order chi connectivity index (χ0) is 41.2. The van der Waals surface area contributed by atoms with Crippen LogP contribution >= 0.6 is 0 Å². The summed E-state index contributed by atoms with van der Waals surface area (Å²) < 4.78 is 9.51. The summed E-state index contributed by atoms with van der Waals surface area (Å²) in [6.07, 6.45) is 4.60. The number of amides is 4. The fourth-order valence-electron chi connectivity index (χ4n) is 7.08. The SMILES string of the molecule is CC#Cc1cc(-c2cnc(C3CCCN3C(=O)C(NC(=O)OC)C(C)C)[nH]2)ccc1-c1ccc(-c2cnc(CN(CCC)C(=O)C(NC(=O)OC)C(C)C)[nH]2)cc1. The maximum Gasteiger partial charge on any atom is 0.407 e. The van der Waals surface area contributed by atoms with E-state index in [9.17, 15) is 19.2 Å². The number of likely N-dealkylation sites (tertiary alicyclic amines) is 1. The third kappa shape index (κ3) is 10.0. The van der Waals surface area contributed by atoms with E-state index in [1.807, 2.05) is 77.9 Å². The minimum absolute atomic E-state index is 0.121. The number of carbonyl (C=O) groups excluding carboxylic acids is 4. The second-order valence-corrected chi connectivity index (χ2v) is 14.8. The van der Waals surface area contributed by atoms with Gasteiger partial charge in [-0.2, -0.15) is 0 Å². The molecule has 2 aromatic heterocycles. The number of nitrogens with one attached hydrogen (secondary N) is 4. The number of H-pyrrole nitrogens is 2. The van der Waals surface area contributed by atoms with Gasteiger partial charge in [0.25, 0.3) is 0 Å². The van der Waals surface area contributed by atoms with Gasteiger partial charge in [-0.1, -0.05) is 76.9 Å². The van der Waals surface area contributed by atoms with E-state index in [1.165, 1.54) is 14.2 Å². The number of aromatic nitrogens is 4. The molecule has 1 fully saturated rings. The molecular weight excluding hydrogens is 725 g/mol. The van der Waals surface area contributed by atoms with Gasteiger partial charge in [0.15, 0.2) is 0 Å². The number of alkyl carbamates (subject to hydrolysis) is 2. The van der Waals surface area contributed by atoms with E-state index in [4.69, 9.17) is 14.5 Å². The van der Waals surface area contributed by atoms with Gasteiger partial charge in [-0.05, 0) is 60.8 Å². The molecule has 0 spiro atoms. The lowest BCUT2D eigenvalue weighted by molar-refractivity contribution is -0.136. The average molecular weight is 779 g/mol. The molecule has 302 valence electrons. The molecule has 0 aliphatic carbocycles. The second kappa shape index (κ2) is 19.2. The minimum atomic E-state index is -0.721. The Labute approximate surface area is 334 Å². The number of hydrogen-bond donors (Lipinski definition) is 4. The van der Waals surface area contributed by atoms with Gasteiger partial charge < -0.3 is 39.9 Å². The Kier molecular flexibility index (Phi) is 14.1. The first-order chi connectivity index (χ1) is 27.4. The fraction of sp³-hybridized carbons (Fsp3) is 0.442. The van der Waals surface area contributed by atoms with Crippen LogP contribution < -0.4 is 10.6 Å². The number of aromatic amines is 2. The van der Waals surface area contributed by atoms with Gasteiger partial charge in [0.05, 0.1) is 50.6 Å². The number of hydrogen-bond acceptors (Lipinski definition) is 8. The largest absolute Gasteiger partial charge is 0.453 e. The van der Waals surface area contributed by atoms with Crippen molar-refractivity contribution >= 4 is 24.0 Å². The van der Waals surface area contributed by atoms with Crippen molar-refractivity contribution in [1.29, 1.82) is 0 Å². The van der Waals surface area contributed by atoms with Gasteiger partial charge in [-0.15, -0.1) is 5.92 Å². The van der Waals surface area contributed by atoms with E-state index >= 15 is 0 Å². The minimum Gasteiger partial charge on any atom is -0.453 e. The van der Waals surface area contributed by atoms with E-state index in [2.05, 4.69) is 43.5 Å². The quantitative estimate of drug-likeness (QED) is 0.103. The van der Waals surface area contributed by atoms with Gasteiger partial charge in [-0.25, -0.2) is 19.6 Å². The maximum absolute atomic E-state index is 13.6. The Balaban J connectivity index is 1.31. The summed E-state index contributed by atoms with van der Waals surface area (Å²) in [4.78, 5) is 70.6. The van der Waals surface area contributed by atoms with E-state index < -0.39 is 24.3 Å². The Morgan fingerprint density at radius 1 is 0.877 bits per heavy atom. The van der Waals surface area contributed by atoms with Crippen molar-refractivity contribution < 1.29 is 28.7 Å². The Morgan fingerprint density at radius 3 is 2.12 bits per heavy atom. The van der Waals surface area contributed by atoms with Crippen molar-refractivity contribution in [1.82, 2.24) is 40.4 Å². The molecule has 4 amide bonds. The lowest BCUT2D eigenvalue weighted by Gasteiger charge is -2.30. The van der Waals surface area contributed by atoms with Crippen molar-refractivity contribution in [2.24, 2.45) is 11.8 Å². The van der Waals surface area contributed by atoms with Crippen LogP contribution in [0.2, 0.25) is 0 Å². The van der Waals surface area contributed by atoms with Crippen LogP contribution in [0.5, 0.6) is 0 Å². The van der Waals surface area contributed by atoms with Gasteiger partial charge in [-0.3, -0.25) is 9.59 Å². The van der Waals surface area contributed by atoms with Crippen molar-refractivity contribution in [2.75, 3.05) is 27.3 Å². The van der Waals surface area contributed by atoms with Crippen LogP contribution in [0.1, 0.15) is 84.1 Å². The van der Waals surface area contributed by atoms with E-state index in [1.54, 1.807) is 22.2 Å². The van der Waals surface area contributed by atoms with E-state index in [-0.39, 0.29) is 36.2 Å². The molecule has 0 bridgehead atoms. The standard InChI is InChI=1S/C43H54N8O6/c1-9-12-30-22-31(34-24-45-39(47-34)35-13-11-21-51(35)41(53)38(27(5)6)49-43(55)57-8)18-19-32(30)28-14-16-29(17-15-28)33-23-44-36(46-33)25-50(20-10-2)40(52)37(26(3)4)48-42(54)56-7/h14-19,22-24,26-27,35,37-38H,10-11,13,20-21,25H2,1-8H3,(H,44,46)(H,45,47)(H,48,54)(H,49,55). The lowest BCUT2D eigenvalue weighted by Crippen LogP contribution is -2.51. The predicted molar refractivity (Wildman–Crippen MR) is 217 cm³/mol. The first kappa shape index (κ1) is 42.1. The van der Waals surface area contributed by atoms with E-state index in [0.29, 0.717) is 24.7 Å². The number of carbonyl (C=O) groups is 4. The van der Waals surface area contributed by atoms with Crippen LogP contribution in [0.3, 0.4) is 0 Å². The van der Waals surface area contributed by atoms with Crippen molar-refractivity contribution in [3.8, 4) is 45.5 Å². The molecular formula is C43H54N8O6. The molecule has 0 radical (unpaired) electrons. The molecule has 0 saturated carbocycles. The van der Waals surface area contributed by atoms with Gasteiger partial charge in [0, 0.05) is 24.2 Å². The first-order valence-corrected chi connectivity index (χ1v) is 19.4. The van der Waals surface area contributed by atoms with Crippen LogP contribution in [-0.2, 0) is 25.6 Å². The summed E-state index contributed by atoms with van der Waals surface area (Å²) in [6, 6.07) is 12.6. The Morgan fingerprint density at radius 2 is 1.49 bits per heavy atom. The highest BCUT2D eigenvalue weighted by Crippen LogP contribution is 2.34. The average Bonchev–Trinajstić information content (AvgIpc) is 4.00. The molecule has 2 aromatic carbocycles. The molecule has 5 rings (SSSR count). The molecule has 4 N–H and O–H groups in total. The second-order valence-electron chi connectivity index (χ2n) is 14.8. The lowest BCUT2D eigenvalue weighted by atomic mass is 9.96. The first-order valence-electron chi connectivity index (χ1n) is 19.4. The van der Waals surface area contributed by atoms with Crippen LogP contribution in [0.15, 0.2) is 54.9 Å². The maximum atomic E-state index is 13.6. The number of imidazole rings is 2. The van der Waals surface area contributed by atoms with Crippen LogP contribution in [0, 0.1) is 23.7 Å². The summed E-state index contributed by atoms with van der Waals surface area (Å²) >= 11 is 0. The van der Waals surface area contributed by atoms with Gasteiger partial charge in [0.2, 0.25) is 11.8 Å². The normalized spacial score (nSPS) is 14.8. The highest BCUT2D eigenvalue weighted by atomic mass is 16.5. The number of benzene rings is 2. The van der Waals surface area contributed by atoms with Gasteiger partial charge in [0.1, 0.15) is 23.7 Å². The Bertz CT molecular complexity index is 2090. The summed E-state index contributed by atoms with van der Waals surface area (Å²) in [5.41, 5.74) is 6.30. The molecule has 14 nitrogen and oxygen atoms in total. The van der Waals surface area contributed by atoms with Crippen LogP contribution in [-0.4, -0.2) is 93.1 Å². The van der Waals surface area contributed by atoms with Crippen molar-refractivity contribution in [3.05, 3.63) is 72.1 Å². The van der Waals surface area contributed by atoms with Crippen LogP contribution in [0.25, 0.3) is 33.6 Å². The highest BCUT2D eigenvalue weighted by molar-refractivity contribution is 5.87. The monoisotopic (exact) mass is 778 g/mol. The third-order valence-corrected chi connectivity index (χ3v) is 10.1. The molecule has 1 aliphatic rings. The fourth-order valence-corrected chi connectivity index (χ4v) is 7.08. The zero-order valence-electron chi connectivity index (χ0n) is 34.1. The summed E-state index contributed by atoms with van der Waals surface area (Å²) in [7, 11) is 2.56. The molecule has 1 aliphatic heterocycles. The summed E-state index contributed by atoms with van der Waals surface area (Å²) in [6.45, 7) is 12.7. The smallest absolute Gasteiger partial charge is 0.407 e. The molecule has 4 aromatic rings. The predicted octanol–water partition coefficient (Wildman–Crippen LogP) is 6.67. The summed E-state index contributed by atoms with van der Waals surface area (Å²) in [5, 5.41) is 5.37. The highest BCUT2D eigenvalue weighted by Gasteiger charge is 2.37. The van der Waals surface area contributed by atoms with Gasteiger partial charge >= 0.3 is 12.2 Å². The number of ether oxygens (including phenoxy) is 2. The number of nitrogens with zero attached hydrogens (tertiary/aromatic N) is 4. The van der Waals surface area contributed by atoms with Crippen LogP contribution in [0.4, 0.5) is 9.59 Å². The summed E-state index contributed by atoms with van der Waals surface area (Å²) in [5.74, 6) is 7.05. The molecule has 3 atom stereocenters. The van der Waals surface area contributed by atoms with E-state index in [0.717, 1.165) is 58.5 Å². The molecule has 57 heavy (non-hydrogen) atoms. The number of rotatable bonds is 14. The molecule has 3 unspecified atom stereocenters. The van der Waals surface area contributed by atoms with Crippen molar-refractivity contribution in [2.45, 2.75) is 85.5 Å². The topological polar surface area (TPSA) is 175 Å². The third-order valence-electron chi connectivity index (χ3n) is 10.1. The Hall–Kier alpha value is -6.10. The molecule has 1 saturated heterocycles. The molecule has 14 heteroatoms. The molecule has 3 heterocycles. The zero-order valence-corrected chi connectivity index (χ0v) is 34.1. The van der Waals surface area contributed by atoms with Crippen molar-refractivity contribution in [3.63, 3.8) is 0 Å².